The summed E-state index contributed by atoms with van der Waals surface area (Å²) < 4.78 is 21.5. The van der Waals surface area contributed by atoms with Crippen LogP contribution in [-0.2, 0) is 11.8 Å². The van der Waals surface area contributed by atoms with Crippen molar-refractivity contribution in [2.45, 2.75) is 20.8 Å². The highest BCUT2D eigenvalue weighted by molar-refractivity contribution is 6.08. The van der Waals surface area contributed by atoms with Crippen molar-refractivity contribution in [2.75, 3.05) is 30.9 Å². The fourth-order valence-corrected chi connectivity index (χ4v) is 3.78. The van der Waals surface area contributed by atoms with Crippen molar-refractivity contribution in [3.63, 3.8) is 0 Å². The van der Waals surface area contributed by atoms with E-state index in [1.807, 2.05) is 6.92 Å². The van der Waals surface area contributed by atoms with E-state index in [-0.39, 0.29) is 28.3 Å². The number of carbonyl (C=O) groups excluding carboxylic acids is 2. The molecule has 0 bridgehead atoms. The number of nitrogens with zero attached hydrogens (tertiary/aromatic N) is 3. The van der Waals surface area contributed by atoms with Crippen molar-refractivity contribution < 1.29 is 18.7 Å². The Morgan fingerprint density at radius 3 is 2.49 bits per heavy atom. The molecule has 1 N–H and O–H groups in total. The number of halogens is 1. The Kier molecular flexibility index (Phi) is 7.58. The van der Waals surface area contributed by atoms with Gasteiger partial charge in [0.25, 0.3) is 11.5 Å². The fourth-order valence-electron chi connectivity index (χ4n) is 3.78. The molecule has 3 rings (SSSR count). The summed E-state index contributed by atoms with van der Waals surface area (Å²) in [4.78, 5) is 41.7. The van der Waals surface area contributed by atoms with Crippen LogP contribution in [0.25, 0.3) is 0 Å². The van der Waals surface area contributed by atoms with Gasteiger partial charge in [0.15, 0.2) is 0 Å². The molecule has 0 aliphatic heterocycles. The monoisotopic (exact) mass is 480 g/mol. The zero-order valence-corrected chi connectivity index (χ0v) is 20.7. The predicted octanol–water partition coefficient (Wildman–Crippen LogP) is 4.28. The topological polar surface area (TPSA) is 83.9 Å². The van der Waals surface area contributed by atoms with Crippen molar-refractivity contribution in [1.29, 1.82) is 0 Å². The lowest BCUT2D eigenvalue weighted by atomic mass is 10.1. The third kappa shape index (κ3) is 5.03. The first-order valence-corrected chi connectivity index (χ1v) is 11.1. The molecule has 2 amide bonds. The number of nitrogens with one attached hydrogen (secondary N) is 1. The van der Waals surface area contributed by atoms with E-state index in [0.717, 1.165) is 5.56 Å². The normalized spacial score (nSPS) is 10.6. The number of carbonyl (C=O) groups is 2. The summed E-state index contributed by atoms with van der Waals surface area (Å²) >= 11 is 0. The average Bonchev–Trinajstić information content (AvgIpc) is 2.82. The molecule has 1 heterocycles. The Hall–Kier alpha value is -4.14. The summed E-state index contributed by atoms with van der Waals surface area (Å²) in [5.41, 5.74) is 1.10. The Balaban J connectivity index is 2.35. The second-order valence-electron chi connectivity index (χ2n) is 8.28. The zero-order valence-electron chi connectivity index (χ0n) is 20.7. The summed E-state index contributed by atoms with van der Waals surface area (Å²) in [6.07, 6.45) is 0.537. The van der Waals surface area contributed by atoms with Crippen molar-refractivity contribution in [2.24, 2.45) is 7.05 Å². The number of amides is 2. The Morgan fingerprint density at radius 2 is 1.89 bits per heavy atom. The van der Waals surface area contributed by atoms with Gasteiger partial charge in [-0.1, -0.05) is 12.1 Å². The van der Waals surface area contributed by atoms with Crippen LogP contribution >= 0.6 is 0 Å². The van der Waals surface area contributed by atoms with Gasteiger partial charge in [-0.3, -0.25) is 23.9 Å². The summed E-state index contributed by atoms with van der Waals surface area (Å²) in [5.74, 6) is -0.426. The number of pyridine rings is 1. The highest BCUT2D eigenvalue weighted by Gasteiger charge is 2.29. The van der Waals surface area contributed by atoms with Crippen LogP contribution in [0, 0.1) is 19.7 Å². The molecule has 0 fully saturated rings. The number of benzene rings is 2. The van der Waals surface area contributed by atoms with Crippen LogP contribution in [0.5, 0.6) is 5.75 Å². The van der Waals surface area contributed by atoms with E-state index in [0.29, 0.717) is 24.5 Å². The number of aromatic nitrogens is 1. The molecule has 35 heavy (non-hydrogen) atoms. The SMILES string of the molecule is CCOc1cccc(N(C=O)c2c(C(=O)N(C)C)c(Nc3ccc(C)cc3F)n(C)c(=O)c2C)c1. The summed E-state index contributed by atoms with van der Waals surface area (Å²) in [5, 5.41) is 2.92. The molecule has 0 saturated carbocycles. The molecule has 9 heteroatoms. The second kappa shape index (κ2) is 10.4. The van der Waals surface area contributed by atoms with Crippen LogP contribution in [-0.4, -0.2) is 42.5 Å². The summed E-state index contributed by atoms with van der Waals surface area (Å²) in [6, 6.07) is 11.4. The van der Waals surface area contributed by atoms with Gasteiger partial charge in [0.05, 0.1) is 23.7 Å². The van der Waals surface area contributed by atoms with E-state index in [2.05, 4.69) is 5.32 Å². The van der Waals surface area contributed by atoms with E-state index in [1.165, 1.54) is 33.5 Å². The van der Waals surface area contributed by atoms with Crippen molar-refractivity contribution >= 4 is 35.2 Å². The van der Waals surface area contributed by atoms with Gasteiger partial charge in [0, 0.05) is 32.8 Å². The van der Waals surface area contributed by atoms with E-state index >= 15 is 0 Å². The molecule has 0 atom stereocenters. The third-order valence-corrected chi connectivity index (χ3v) is 5.54. The van der Waals surface area contributed by atoms with E-state index in [1.54, 1.807) is 58.3 Å². The maximum Gasteiger partial charge on any atom is 0.259 e. The van der Waals surface area contributed by atoms with E-state index < -0.39 is 17.3 Å². The van der Waals surface area contributed by atoms with Gasteiger partial charge in [-0.25, -0.2) is 4.39 Å². The number of hydrogen-bond acceptors (Lipinski definition) is 5. The molecule has 0 spiro atoms. The number of aryl methyl sites for hydroxylation is 1. The maximum atomic E-state index is 14.7. The minimum absolute atomic E-state index is 0.0449. The zero-order chi connectivity index (χ0) is 25.9. The summed E-state index contributed by atoms with van der Waals surface area (Å²) in [7, 11) is 4.61. The molecule has 8 nitrogen and oxygen atoms in total. The lowest BCUT2D eigenvalue weighted by molar-refractivity contribution is -0.106. The molecule has 0 aliphatic rings. The van der Waals surface area contributed by atoms with Crippen LogP contribution in [0.1, 0.15) is 28.4 Å². The highest BCUT2D eigenvalue weighted by Crippen LogP contribution is 2.36. The van der Waals surface area contributed by atoms with Gasteiger partial charge in [0.2, 0.25) is 6.41 Å². The van der Waals surface area contributed by atoms with Gasteiger partial charge in [-0.2, -0.15) is 0 Å². The van der Waals surface area contributed by atoms with Gasteiger partial charge >= 0.3 is 0 Å². The Labute approximate surface area is 203 Å². The lowest BCUT2D eigenvalue weighted by Gasteiger charge is -2.27. The van der Waals surface area contributed by atoms with Crippen LogP contribution in [0.2, 0.25) is 0 Å². The Bertz CT molecular complexity index is 1330. The molecular weight excluding hydrogens is 451 g/mol. The molecule has 184 valence electrons. The molecule has 0 aliphatic carbocycles. The quantitative estimate of drug-likeness (QED) is 0.487. The first kappa shape index (κ1) is 25.5. The van der Waals surface area contributed by atoms with E-state index in [4.69, 9.17) is 4.74 Å². The molecular formula is C26H29FN4O4. The minimum atomic E-state index is -0.542. The van der Waals surface area contributed by atoms with E-state index in [9.17, 15) is 18.8 Å². The van der Waals surface area contributed by atoms with Crippen LogP contribution in [0.3, 0.4) is 0 Å². The van der Waals surface area contributed by atoms with Crippen molar-refractivity contribution in [3.05, 3.63) is 75.3 Å². The maximum absolute atomic E-state index is 14.7. The summed E-state index contributed by atoms with van der Waals surface area (Å²) in [6.45, 7) is 5.57. The van der Waals surface area contributed by atoms with Gasteiger partial charge in [0.1, 0.15) is 22.9 Å². The molecule has 3 aromatic rings. The number of ether oxygens (including phenoxy) is 1. The number of rotatable bonds is 8. The van der Waals surface area contributed by atoms with Crippen LogP contribution in [0.15, 0.2) is 47.3 Å². The third-order valence-electron chi connectivity index (χ3n) is 5.54. The fraction of sp³-hybridized carbons (Fsp3) is 0.269. The van der Waals surface area contributed by atoms with Gasteiger partial charge < -0.3 is 15.0 Å². The highest BCUT2D eigenvalue weighted by atomic mass is 19.1. The molecule has 2 aromatic carbocycles. The number of hydrogen-bond donors (Lipinski definition) is 1. The van der Waals surface area contributed by atoms with Crippen LogP contribution < -0.4 is 20.5 Å². The van der Waals surface area contributed by atoms with Gasteiger partial charge in [-0.05, 0) is 50.6 Å². The average molecular weight is 481 g/mol. The predicted molar refractivity (Wildman–Crippen MR) is 135 cm³/mol. The number of anilines is 4. The first-order valence-electron chi connectivity index (χ1n) is 11.1. The van der Waals surface area contributed by atoms with Gasteiger partial charge in [-0.15, -0.1) is 0 Å². The van der Waals surface area contributed by atoms with Crippen molar-refractivity contribution in [1.82, 2.24) is 9.47 Å². The van der Waals surface area contributed by atoms with Crippen LogP contribution in [0.4, 0.5) is 27.3 Å². The molecule has 0 unspecified atom stereocenters. The minimum Gasteiger partial charge on any atom is -0.494 e. The first-order chi connectivity index (χ1) is 16.6. The lowest BCUT2D eigenvalue weighted by Crippen LogP contribution is -2.33. The molecule has 1 aromatic heterocycles. The largest absolute Gasteiger partial charge is 0.494 e. The second-order valence-corrected chi connectivity index (χ2v) is 8.28. The molecule has 0 radical (unpaired) electrons. The standard InChI is InChI=1S/C26H29FN4O4/c1-7-35-19-10-8-9-18(14-19)31(15-32)23-17(3)25(33)30(6)24(22(23)26(34)29(4)5)28-21-12-11-16(2)13-20(21)27/h8-15,28H,7H2,1-6H3. The Morgan fingerprint density at radius 1 is 1.17 bits per heavy atom. The smallest absolute Gasteiger partial charge is 0.259 e. The van der Waals surface area contributed by atoms with Crippen molar-refractivity contribution in [3.8, 4) is 5.75 Å². The molecule has 0 saturated heterocycles.